The maximum absolute atomic E-state index is 5.50. The van der Waals surface area contributed by atoms with E-state index in [0.29, 0.717) is 0 Å². The Kier molecular flexibility index (Phi) is 19.9. The first-order valence-corrected chi connectivity index (χ1v) is 10.7. The van der Waals surface area contributed by atoms with Crippen molar-refractivity contribution >= 4 is 0 Å². The van der Waals surface area contributed by atoms with Crippen LogP contribution < -0.4 is 11.1 Å². The molecule has 0 aromatic rings. The molecule has 0 aliphatic carbocycles. The van der Waals surface area contributed by atoms with E-state index in [1.807, 2.05) is 0 Å². The average Bonchev–Trinajstić information content (AvgIpc) is 2.53. The van der Waals surface area contributed by atoms with Gasteiger partial charge >= 0.3 is 0 Å². The second kappa shape index (κ2) is 20.0. The summed E-state index contributed by atoms with van der Waals surface area (Å²) >= 11 is 0. The van der Waals surface area contributed by atoms with Crippen LogP contribution in [0.1, 0.15) is 110 Å². The fraction of sp³-hybridized carbons (Fsp3) is 1.00. The summed E-state index contributed by atoms with van der Waals surface area (Å²) < 4.78 is 0. The van der Waals surface area contributed by atoms with Gasteiger partial charge in [0.2, 0.25) is 0 Å². The van der Waals surface area contributed by atoms with Crippen LogP contribution in [0.2, 0.25) is 0 Å². The number of hydrogen-bond donors (Lipinski definition) is 2. The highest BCUT2D eigenvalue weighted by Gasteiger charge is 1.95. The normalized spacial score (nSPS) is 11.5. The molecule has 0 bridgehead atoms. The zero-order valence-corrected chi connectivity index (χ0v) is 16.4. The van der Waals surface area contributed by atoms with Crippen molar-refractivity contribution < 1.29 is 0 Å². The number of nitrogens with two attached hydrogens (primary N) is 1. The molecule has 140 valence electrons. The molecule has 0 heterocycles. The summed E-state index contributed by atoms with van der Waals surface area (Å²) in [6.07, 6.45) is 20.9. The largest absolute Gasteiger partial charge is 0.330 e. The average molecular weight is 327 g/mol. The van der Waals surface area contributed by atoms with Crippen LogP contribution in [0.4, 0.5) is 0 Å². The maximum atomic E-state index is 5.50. The maximum Gasteiger partial charge on any atom is -0.00489 e. The first kappa shape index (κ1) is 22.9. The van der Waals surface area contributed by atoms with Gasteiger partial charge in [0.05, 0.1) is 0 Å². The third kappa shape index (κ3) is 21.9. The first-order valence-electron chi connectivity index (χ1n) is 10.7. The van der Waals surface area contributed by atoms with Gasteiger partial charge in [0, 0.05) is 0 Å². The second-order valence-corrected chi connectivity index (χ2v) is 7.67. The lowest BCUT2D eigenvalue weighted by Gasteiger charge is -2.06. The van der Waals surface area contributed by atoms with Gasteiger partial charge in [-0.15, -0.1) is 0 Å². The molecule has 0 aliphatic heterocycles. The summed E-state index contributed by atoms with van der Waals surface area (Å²) in [6, 6.07) is 0. The highest BCUT2D eigenvalue weighted by molar-refractivity contribution is 4.53. The van der Waals surface area contributed by atoms with Gasteiger partial charge in [-0.3, -0.25) is 0 Å². The third-order valence-corrected chi connectivity index (χ3v) is 4.69. The van der Waals surface area contributed by atoms with Gasteiger partial charge in [-0.25, -0.2) is 0 Å². The first-order chi connectivity index (χ1) is 11.3. The summed E-state index contributed by atoms with van der Waals surface area (Å²) in [5.41, 5.74) is 5.50. The van der Waals surface area contributed by atoms with E-state index in [1.54, 1.807) is 0 Å². The quantitative estimate of drug-likeness (QED) is 0.284. The van der Waals surface area contributed by atoms with Crippen LogP contribution in [-0.2, 0) is 0 Å². The number of nitrogens with one attached hydrogen (secondary N) is 1. The predicted molar refractivity (Wildman–Crippen MR) is 106 cm³/mol. The van der Waals surface area contributed by atoms with Crippen molar-refractivity contribution in [3.63, 3.8) is 0 Å². The molecule has 0 saturated heterocycles. The van der Waals surface area contributed by atoms with Crippen molar-refractivity contribution in [1.29, 1.82) is 0 Å². The molecule has 0 unspecified atom stereocenters. The summed E-state index contributed by atoms with van der Waals surface area (Å²) in [5.74, 6) is 0.879. The molecular formula is C21H46N2. The number of unbranched alkanes of at least 4 members (excludes halogenated alkanes) is 12. The highest BCUT2D eigenvalue weighted by Crippen LogP contribution is 2.10. The van der Waals surface area contributed by atoms with Crippen molar-refractivity contribution in [3.05, 3.63) is 0 Å². The molecule has 0 radical (unpaired) electrons. The van der Waals surface area contributed by atoms with Crippen LogP contribution in [0.15, 0.2) is 0 Å². The van der Waals surface area contributed by atoms with Crippen LogP contribution in [0.25, 0.3) is 0 Å². The molecule has 0 atom stereocenters. The molecule has 0 spiro atoms. The van der Waals surface area contributed by atoms with E-state index >= 15 is 0 Å². The van der Waals surface area contributed by atoms with Crippen molar-refractivity contribution in [2.24, 2.45) is 11.7 Å². The minimum absolute atomic E-state index is 0.867. The predicted octanol–water partition coefficient (Wildman–Crippen LogP) is 6.04. The fourth-order valence-electron chi connectivity index (χ4n) is 3.09. The minimum atomic E-state index is 0.867. The third-order valence-electron chi connectivity index (χ3n) is 4.69. The Hall–Kier alpha value is -0.0800. The van der Waals surface area contributed by atoms with Gasteiger partial charge < -0.3 is 11.1 Å². The van der Waals surface area contributed by atoms with Crippen molar-refractivity contribution in [1.82, 2.24) is 5.32 Å². The van der Waals surface area contributed by atoms with Crippen molar-refractivity contribution in [2.45, 2.75) is 110 Å². The van der Waals surface area contributed by atoms with Crippen molar-refractivity contribution in [2.75, 3.05) is 19.6 Å². The van der Waals surface area contributed by atoms with Gasteiger partial charge in [0.25, 0.3) is 0 Å². The Morgan fingerprint density at radius 3 is 1.39 bits per heavy atom. The SMILES string of the molecule is CC(C)CCCCCCNCCCCCCCCCCCCN. The molecule has 2 heteroatoms. The van der Waals surface area contributed by atoms with E-state index in [9.17, 15) is 0 Å². The van der Waals surface area contributed by atoms with E-state index < -0.39 is 0 Å². The van der Waals surface area contributed by atoms with Crippen LogP contribution >= 0.6 is 0 Å². The Morgan fingerprint density at radius 2 is 0.957 bits per heavy atom. The lowest BCUT2D eigenvalue weighted by Crippen LogP contribution is -2.16. The van der Waals surface area contributed by atoms with E-state index in [-0.39, 0.29) is 0 Å². The van der Waals surface area contributed by atoms with Gasteiger partial charge in [-0.2, -0.15) is 0 Å². The Labute approximate surface area is 147 Å². The van der Waals surface area contributed by atoms with Crippen molar-refractivity contribution in [3.8, 4) is 0 Å². The lowest BCUT2D eigenvalue weighted by atomic mass is 10.0. The number of hydrogen-bond acceptors (Lipinski definition) is 2. The van der Waals surface area contributed by atoms with Gasteiger partial charge in [-0.1, -0.05) is 90.9 Å². The van der Waals surface area contributed by atoms with Gasteiger partial charge in [0.1, 0.15) is 0 Å². The van der Waals surface area contributed by atoms with Gasteiger partial charge in [-0.05, 0) is 44.8 Å². The molecule has 3 N–H and O–H groups in total. The van der Waals surface area contributed by atoms with Crippen LogP contribution in [0.5, 0.6) is 0 Å². The summed E-state index contributed by atoms with van der Waals surface area (Å²) in [4.78, 5) is 0. The molecule has 0 amide bonds. The van der Waals surface area contributed by atoms with Gasteiger partial charge in [0.15, 0.2) is 0 Å². The number of rotatable bonds is 19. The molecule has 0 fully saturated rings. The molecular weight excluding hydrogens is 280 g/mol. The van der Waals surface area contributed by atoms with Crippen LogP contribution in [0, 0.1) is 5.92 Å². The summed E-state index contributed by atoms with van der Waals surface area (Å²) in [7, 11) is 0. The zero-order valence-electron chi connectivity index (χ0n) is 16.4. The molecule has 0 aromatic heterocycles. The molecule has 0 saturated carbocycles. The molecule has 0 aliphatic rings. The Balaban J connectivity index is 2.95. The van der Waals surface area contributed by atoms with Crippen LogP contribution in [-0.4, -0.2) is 19.6 Å². The molecule has 23 heavy (non-hydrogen) atoms. The lowest BCUT2D eigenvalue weighted by molar-refractivity contribution is 0.506. The topological polar surface area (TPSA) is 38.0 Å². The Morgan fingerprint density at radius 1 is 0.565 bits per heavy atom. The summed E-state index contributed by atoms with van der Waals surface area (Å²) in [5, 5.41) is 3.61. The van der Waals surface area contributed by atoms with E-state index in [2.05, 4.69) is 19.2 Å². The molecule has 0 aromatic carbocycles. The van der Waals surface area contributed by atoms with E-state index in [1.165, 1.54) is 109 Å². The molecule has 2 nitrogen and oxygen atoms in total. The highest BCUT2D eigenvalue weighted by atomic mass is 14.8. The zero-order chi connectivity index (χ0) is 17.0. The second-order valence-electron chi connectivity index (χ2n) is 7.67. The summed E-state index contributed by atoms with van der Waals surface area (Å²) in [6.45, 7) is 7.97. The molecule has 0 rings (SSSR count). The van der Waals surface area contributed by atoms with E-state index in [0.717, 1.165) is 12.5 Å². The Bertz CT molecular complexity index is 204. The van der Waals surface area contributed by atoms with E-state index in [4.69, 9.17) is 5.73 Å². The monoisotopic (exact) mass is 326 g/mol. The smallest absolute Gasteiger partial charge is 0.00489 e. The standard InChI is InChI=1S/C21H46N2/c1-21(2)17-13-9-12-16-20-23-19-15-11-8-6-4-3-5-7-10-14-18-22/h21,23H,3-20,22H2,1-2H3. The minimum Gasteiger partial charge on any atom is -0.330 e. The fourth-order valence-corrected chi connectivity index (χ4v) is 3.09. The van der Waals surface area contributed by atoms with Crippen LogP contribution in [0.3, 0.4) is 0 Å².